The van der Waals surface area contributed by atoms with E-state index in [1.165, 1.54) is 0 Å². The van der Waals surface area contributed by atoms with Crippen LogP contribution in [-0.4, -0.2) is 42.4 Å². The fourth-order valence-corrected chi connectivity index (χ4v) is 2.24. The van der Waals surface area contributed by atoms with Crippen molar-refractivity contribution < 1.29 is 9.84 Å². The van der Waals surface area contributed by atoms with Gasteiger partial charge in [0.1, 0.15) is 0 Å². The Kier molecular flexibility index (Phi) is 4.54. The minimum absolute atomic E-state index is 0.317. The van der Waals surface area contributed by atoms with Crippen LogP contribution in [0.4, 0.5) is 0 Å². The topological polar surface area (TPSA) is 32.7 Å². The highest BCUT2D eigenvalue weighted by Gasteiger charge is 2.17. The third-order valence-corrected chi connectivity index (χ3v) is 3.23. The first-order valence-corrected chi connectivity index (χ1v) is 6.32. The second-order valence-corrected chi connectivity index (χ2v) is 4.70. The van der Waals surface area contributed by atoms with E-state index in [-0.39, 0.29) is 6.10 Å². The van der Waals surface area contributed by atoms with Gasteiger partial charge < -0.3 is 9.84 Å². The Hall–Kier alpha value is -0.900. The predicted octanol–water partition coefficient (Wildman–Crippen LogP) is 1.83. The summed E-state index contributed by atoms with van der Waals surface area (Å²) in [5.41, 5.74) is 1.01. The average Bonchev–Trinajstić information content (AvgIpc) is 2.37. The molecule has 1 aliphatic rings. The number of morpholine rings is 1. The Morgan fingerprint density at radius 3 is 2.88 bits per heavy atom. The van der Waals surface area contributed by atoms with Crippen molar-refractivity contribution in [2.24, 2.45) is 0 Å². The number of ether oxygens (including phenoxy) is 1. The van der Waals surface area contributed by atoms with Crippen molar-refractivity contribution in [3.05, 3.63) is 35.9 Å². The van der Waals surface area contributed by atoms with E-state index in [0.717, 1.165) is 38.2 Å². The summed E-state index contributed by atoms with van der Waals surface area (Å²) in [4.78, 5) is 2.36. The van der Waals surface area contributed by atoms with Gasteiger partial charge in [-0.3, -0.25) is 4.90 Å². The van der Waals surface area contributed by atoms with Gasteiger partial charge in [0.05, 0.1) is 18.8 Å². The van der Waals surface area contributed by atoms with E-state index in [1.54, 1.807) is 0 Å². The summed E-state index contributed by atoms with van der Waals surface area (Å²) in [6.07, 6.45) is 0.753. The molecule has 1 aromatic carbocycles. The van der Waals surface area contributed by atoms with Gasteiger partial charge in [-0.1, -0.05) is 30.3 Å². The summed E-state index contributed by atoms with van der Waals surface area (Å²) in [5, 5.41) is 10.1. The van der Waals surface area contributed by atoms with Crippen molar-refractivity contribution in [2.75, 3.05) is 26.2 Å². The number of aliphatic hydroxyl groups is 1. The molecule has 0 aromatic heterocycles. The van der Waals surface area contributed by atoms with Crippen LogP contribution in [0.15, 0.2) is 30.3 Å². The van der Waals surface area contributed by atoms with Crippen LogP contribution in [0.5, 0.6) is 0 Å². The van der Waals surface area contributed by atoms with E-state index in [1.807, 2.05) is 30.3 Å². The summed E-state index contributed by atoms with van der Waals surface area (Å²) in [7, 11) is 0. The van der Waals surface area contributed by atoms with Gasteiger partial charge in [0.15, 0.2) is 0 Å². The van der Waals surface area contributed by atoms with Gasteiger partial charge >= 0.3 is 0 Å². The molecule has 0 amide bonds. The zero-order valence-corrected chi connectivity index (χ0v) is 10.4. The Balaban J connectivity index is 1.78. The lowest BCUT2D eigenvalue weighted by molar-refractivity contribution is -0.0221. The predicted molar refractivity (Wildman–Crippen MR) is 67.9 cm³/mol. The van der Waals surface area contributed by atoms with Gasteiger partial charge in [0, 0.05) is 19.6 Å². The van der Waals surface area contributed by atoms with Crippen LogP contribution >= 0.6 is 0 Å². The van der Waals surface area contributed by atoms with Crippen molar-refractivity contribution >= 4 is 0 Å². The van der Waals surface area contributed by atoms with Crippen molar-refractivity contribution in [2.45, 2.75) is 25.6 Å². The van der Waals surface area contributed by atoms with E-state index in [0.29, 0.717) is 6.10 Å². The fraction of sp³-hybridized carbons (Fsp3) is 0.571. The average molecular weight is 235 g/mol. The van der Waals surface area contributed by atoms with E-state index in [9.17, 15) is 5.11 Å². The van der Waals surface area contributed by atoms with Gasteiger partial charge in [-0.2, -0.15) is 0 Å². The van der Waals surface area contributed by atoms with Gasteiger partial charge in [0.25, 0.3) is 0 Å². The molecular formula is C14H21NO2. The SMILES string of the molecule is CC1CN(CCC(O)c2ccccc2)CCO1. The first-order chi connectivity index (χ1) is 8.25. The quantitative estimate of drug-likeness (QED) is 0.864. The van der Waals surface area contributed by atoms with Gasteiger partial charge in [-0.25, -0.2) is 0 Å². The Morgan fingerprint density at radius 1 is 1.41 bits per heavy atom. The second kappa shape index (κ2) is 6.15. The maximum Gasteiger partial charge on any atom is 0.0802 e. The van der Waals surface area contributed by atoms with Crippen LogP contribution < -0.4 is 0 Å². The third kappa shape index (κ3) is 3.80. The third-order valence-electron chi connectivity index (χ3n) is 3.23. The smallest absolute Gasteiger partial charge is 0.0802 e. The molecule has 0 spiro atoms. The molecule has 3 nitrogen and oxygen atoms in total. The van der Waals surface area contributed by atoms with E-state index < -0.39 is 0 Å². The lowest BCUT2D eigenvalue weighted by Gasteiger charge is -2.31. The zero-order valence-electron chi connectivity index (χ0n) is 10.4. The maximum absolute atomic E-state index is 10.1. The molecule has 1 fully saturated rings. The monoisotopic (exact) mass is 235 g/mol. The molecule has 0 bridgehead atoms. The summed E-state index contributed by atoms with van der Waals surface area (Å²) < 4.78 is 5.50. The number of benzene rings is 1. The van der Waals surface area contributed by atoms with Crippen LogP contribution in [-0.2, 0) is 4.74 Å². The number of aliphatic hydroxyl groups excluding tert-OH is 1. The lowest BCUT2D eigenvalue weighted by Crippen LogP contribution is -2.41. The molecular weight excluding hydrogens is 214 g/mol. The Morgan fingerprint density at radius 2 is 2.18 bits per heavy atom. The highest BCUT2D eigenvalue weighted by Crippen LogP contribution is 2.17. The molecule has 1 saturated heterocycles. The largest absolute Gasteiger partial charge is 0.388 e. The summed E-state index contributed by atoms with van der Waals surface area (Å²) >= 11 is 0. The van der Waals surface area contributed by atoms with Crippen LogP contribution in [0, 0.1) is 0 Å². The molecule has 2 unspecified atom stereocenters. The van der Waals surface area contributed by atoms with Crippen molar-refractivity contribution in [3.63, 3.8) is 0 Å². The molecule has 0 aliphatic carbocycles. The van der Waals surface area contributed by atoms with Crippen LogP contribution in [0.25, 0.3) is 0 Å². The molecule has 1 aliphatic heterocycles. The maximum atomic E-state index is 10.1. The zero-order chi connectivity index (χ0) is 12.1. The van der Waals surface area contributed by atoms with E-state index in [2.05, 4.69) is 11.8 Å². The molecule has 0 saturated carbocycles. The molecule has 0 radical (unpaired) electrons. The standard InChI is InChI=1S/C14H21NO2/c1-12-11-15(9-10-17-12)8-7-14(16)13-5-3-2-4-6-13/h2-6,12,14,16H,7-11H2,1H3. The number of rotatable bonds is 4. The van der Waals surface area contributed by atoms with Gasteiger partial charge in [-0.05, 0) is 18.9 Å². The fourth-order valence-electron chi connectivity index (χ4n) is 2.24. The minimum Gasteiger partial charge on any atom is -0.388 e. The first kappa shape index (κ1) is 12.6. The van der Waals surface area contributed by atoms with Crippen molar-refractivity contribution in [1.82, 2.24) is 4.90 Å². The molecule has 3 heteroatoms. The normalized spacial score (nSPS) is 23.5. The highest BCUT2D eigenvalue weighted by atomic mass is 16.5. The Bertz CT molecular complexity index is 328. The number of nitrogens with zero attached hydrogens (tertiary/aromatic N) is 1. The van der Waals surface area contributed by atoms with Crippen molar-refractivity contribution in [1.29, 1.82) is 0 Å². The van der Waals surface area contributed by atoms with E-state index >= 15 is 0 Å². The van der Waals surface area contributed by atoms with Crippen LogP contribution in [0.3, 0.4) is 0 Å². The summed E-state index contributed by atoms with van der Waals surface area (Å²) in [6.45, 7) is 5.79. The number of hydrogen-bond donors (Lipinski definition) is 1. The van der Waals surface area contributed by atoms with Crippen LogP contribution in [0.1, 0.15) is 25.0 Å². The summed E-state index contributed by atoms with van der Waals surface area (Å²) in [6, 6.07) is 9.86. The molecule has 17 heavy (non-hydrogen) atoms. The Labute approximate surface area is 103 Å². The molecule has 94 valence electrons. The lowest BCUT2D eigenvalue weighted by atomic mass is 10.1. The summed E-state index contributed by atoms with van der Waals surface area (Å²) in [5.74, 6) is 0. The molecule has 1 N–H and O–H groups in total. The van der Waals surface area contributed by atoms with Crippen LogP contribution in [0.2, 0.25) is 0 Å². The second-order valence-electron chi connectivity index (χ2n) is 4.70. The van der Waals surface area contributed by atoms with Crippen molar-refractivity contribution in [3.8, 4) is 0 Å². The molecule has 1 heterocycles. The number of hydrogen-bond acceptors (Lipinski definition) is 3. The molecule has 2 rings (SSSR count). The first-order valence-electron chi connectivity index (χ1n) is 6.32. The van der Waals surface area contributed by atoms with Gasteiger partial charge in [0.2, 0.25) is 0 Å². The van der Waals surface area contributed by atoms with E-state index in [4.69, 9.17) is 4.74 Å². The highest BCUT2D eigenvalue weighted by molar-refractivity contribution is 5.17. The molecule has 2 atom stereocenters. The minimum atomic E-state index is -0.352. The van der Waals surface area contributed by atoms with Gasteiger partial charge in [-0.15, -0.1) is 0 Å². The molecule has 1 aromatic rings.